The van der Waals surface area contributed by atoms with Crippen molar-refractivity contribution in [3.8, 4) is 6.07 Å². The Hall–Kier alpha value is -1.13. The van der Waals surface area contributed by atoms with Crippen LogP contribution in [0.1, 0.15) is 11.1 Å². The van der Waals surface area contributed by atoms with Crippen molar-refractivity contribution >= 4 is 22.4 Å². The van der Waals surface area contributed by atoms with E-state index in [-0.39, 0.29) is 24.2 Å². The zero-order valence-corrected chi connectivity index (χ0v) is 12.4. The number of halogens is 1. The predicted molar refractivity (Wildman–Crippen MR) is 77.8 cm³/mol. The molecular formula is C13H16ClN3O2S. The SMILES string of the molecule is Cl.N#Cc1cccc(CS(=O)(=O)NC2C3CNCC32)c1. The minimum absolute atomic E-state index is 0. The first kappa shape index (κ1) is 15.3. The van der Waals surface area contributed by atoms with Gasteiger partial charge in [-0.1, -0.05) is 12.1 Å². The standard InChI is InChI=1S/C13H15N3O2S.ClH/c14-5-9-2-1-3-10(4-9)8-19(17,18)16-13-11-6-15-7-12(11)13;/h1-4,11-13,15-16H,6-8H2;1H. The van der Waals surface area contributed by atoms with E-state index < -0.39 is 10.0 Å². The summed E-state index contributed by atoms with van der Waals surface area (Å²) < 4.78 is 26.9. The molecule has 1 aliphatic heterocycles. The molecule has 2 aliphatic rings. The van der Waals surface area contributed by atoms with Crippen molar-refractivity contribution in [3.63, 3.8) is 0 Å². The van der Waals surface area contributed by atoms with Crippen LogP contribution in [0.5, 0.6) is 0 Å². The molecule has 1 saturated carbocycles. The number of hydrogen-bond donors (Lipinski definition) is 2. The van der Waals surface area contributed by atoms with Crippen LogP contribution >= 0.6 is 12.4 Å². The van der Waals surface area contributed by atoms with Gasteiger partial charge in [-0.05, 0) is 42.6 Å². The summed E-state index contributed by atoms with van der Waals surface area (Å²) in [5.41, 5.74) is 1.13. The number of fused-ring (bicyclic) bond motifs is 1. The third kappa shape index (κ3) is 3.13. The van der Waals surface area contributed by atoms with Crippen molar-refractivity contribution in [3.05, 3.63) is 35.4 Å². The van der Waals surface area contributed by atoms with Gasteiger partial charge in [-0.25, -0.2) is 13.1 Å². The van der Waals surface area contributed by atoms with Gasteiger partial charge in [0.05, 0.1) is 17.4 Å². The summed E-state index contributed by atoms with van der Waals surface area (Å²) in [6.07, 6.45) is 0. The maximum Gasteiger partial charge on any atom is 0.216 e. The molecule has 2 unspecified atom stereocenters. The van der Waals surface area contributed by atoms with Gasteiger partial charge in [0.2, 0.25) is 10.0 Å². The zero-order valence-electron chi connectivity index (χ0n) is 10.7. The number of nitrogens with zero attached hydrogens (tertiary/aromatic N) is 1. The van der Waals surface area contributed by atoms with Crippen molar-refractivity contribution in [1.82, 2.24) is 10.0 Å². The van der Waals surface area contributed by atoms with Gasteiger partial charge in [-0.15, -0.1) is 12.4 Å². The van der Waals surface area contributed by atoms with Gasteiger partial charge in [0.25, 0.3) is 0 Å². The number of benzene rings is 1. The molecule has 3 rings (SSSR count). The van der Waals surface area contributed by atoms with Gasteiger partial charge < -0.3 is 5.32 Å². The molecule has 1 aromatic carbocycles. The Morgan fingerprint density at radius 2 is 2.05 bits per heavy atom. The van der Waals surface area contributed by atoms with Crippen LogP contribution in [0.4, 0.5) is 0 Å². The average molecular weight is 314 g/mol. The van der Waals surface area contributed by atoms with E-state index in [4.69, 9.17) is 5.26 Å². The van der Waals surface area contributed by atoms with Crippen LogP contribution in [-0.4, -0.2) is 27.5 Å². The quantitative estimate of drug-likeness (QED) is 0.853. The van der Waals surface area contributed by atoms with Gasteiger partial charge in [0.15, 0.2) is 0 Å². The van der Waals surface area contributed by atoms with Gasteiger partial charge in [0.1, 0.15) is 0 Å². The fraction of sp³-hybridized carbons (Fsp3) is 0.462. The Bertz CT molecular complexity index is 631. The van der Waals surface area contributed by atoms with Crippen LogP contribution in [-0.2, 0) is 15.8 Å². The number of sulfonamides is 1. The van der Waals surface area contributed by atoms with Crippen LogP contribution in [0.3, 0.4) is 0 Å². The lowest BCUT2D eigenvalue weighted by atomic mass is 10.2. The van der Waals surface area contributed by atoms with Crippen LogP contribution in [0.2, 0.25) is 0 Å². The van der Waals surface area contributed by atoms with Gasteiger partial charge in [-0.3, -0.25) is 0 Å². The molecule has 20 heavy (non-hydrogen) atoms. The Morgan fingerprint density at radius 3 is 2.70 bits per heavy atom. The lowest BCUT2D eigenvalue weighted by molar-refractivity contribution is 0.564. The Morgan fingerprint density at radius 1 is 1.35 bits per heavy atom. The zero-order chi connectivity index (χ0) is 13.5. The maximum atomic E-state index is 12.1. The fourth-order valence-corrected chi connectivity index (χ4v) is 4.26. The summed E-state index contributed by atoms with van der Waals surface area (Å²) in [6, 6.07) is 8.84. The molecule has 1 saturated heterocycles. The minimum Gasteiger partial charge on any atom is -0.316 e. The van der Waals surface area contributed by atoms with Crippen LogP contribution in [0.15, 0.2) is 24.3 Å². The molecule has 7 heteroatoms. The first-order valence-electron chi connectivity index (χ1n) is 6.29. The first-order chi connectivity index (χ1) is 9.09. The number of rotatable bonds is 4. The molecule has 0 amide bonds. The topological polar surface area (TPSA) is 82.0 Å². The number of nitriles is 1. The van der Waals surface area contributed by atoms with E-state index in [0.717, 1.165) is 13.1 Å². The van der Waals surface area contributed by atoms with Crippen molar-refractivity contribution in [2.24, 2.45) is 11.8 Å². The number of nitrogens with one attached hydrogen (secondary N) is 2. The highest BCUT2D eigenvalue weighted by molar-refractivity contribution is 7.88. The second-order valence-corrected chi connectivity index (χ2v) is 6.95. The molecule has 0 aromatic heterocycles. The Labute approximate surface area is 124 Å². The van der Waals surface area contributed by atoms with Crippen molar-refractivity contribution in [1.29, 1.82) is 5.26 Å². The molecule has 2 fully saturated rings. The molecule has 1 heterocycles. The molecule has 0 spiro atoms. The first-order valence-corrected chi connectivity index (χ1v) is 7.94. The molecular weight excluding hydrogens is 298 g/mol. The Balaban J connectivity index is 0.00000147. The largest absolute Gasteiger partial charge is 0.316 e. The number of hydrogen-bond acceptors (Lipinski definition) is 4. The summed E-state index contributed by atoms with van der Waals surface area (Å²) >= 11 is 0. The van der Waals surface area contributed by atoms with Gasteiger partial charge in [0, 0.05) is 6.04 Å². The van der Waals surface area contributed by atoms with E-state index in [2.05, 4.69) is 10.0 Å². The van der Waals surface area contributed by atoms with Crippen molar-refractivity contribution in [2.45, 2.75) is 11.8 Å². The van der Waals surface area contributed by atoms with E-state index in [1.165, 1.54) is 0 Å². The molecule has 1 aliphatic carbocycles. The fourth-order valence-electron chi connectivity index (χ4n) is 2.79. The maximum absolute atomic E-state index is 12.1. The third-order valence-corrected chi connectivity index (χ3v) is 5.16. The predicted octanol–water partition coefficient (Wildman–Crippen LogP) is 0.617. The third-order valence-electron chi connectivity index (χ3n) is 3.82. The molecule has 2 N–H and O–H groups in total. The lowest BCUT2D eigenvalue weighted by Gasteiger charge is -2.09. The molecule has 5 nitrogen and oxygen atoms in total. The van der Waals surface area contributed by atoms with E-state index in [1.807, 2.05) is 6.07 Å². The molecule has 0 bridgehead atoms. The van der Waals surface area contributed by atoms with E-state index in [9.17, 15) is 8.42 Å². The van der Waals surface area contributed by atoms with Gasteiger partial charge >= 0.3 is 0 Å². The summed E-state index contributed by atoms with van der Waals surface area (Å²) in [6.45, 7) is 1.81. The summed E-state index contributed by atoms with van der Waals surface area (Å²) in [7, 11) is -3.33. The summed E-state index contributed by atoms with van der Waals surface area (Å²) in [5.74, 6) is 0.853. The van der Waals surface area contributed by atoms with Gasteiger partial charge in [-0.2, -0.15) is 5.26 Å². The molecule has 1 aromatic rings. The summed E-state index contributed by atoms with van der Waals surface area (Å²) in [5, 5.41) is 12.0. The number of piperidine rings is 1. The van der Waals surface area contributed by atoms with E-state index >= 15 is 0 Å². The lowest BCUT2D eigenvalue weighted by Crippen LogP contribution is -2.33. The van der Waals surface area contributed by atoms with Crippen LogP contribution in [0, 0.1) is 23.2 Å². The molecule has 108 valence electrons. The average Bonchev–Trinajstić information content (AvgIpc) is 2.82. The van der Waals surface area contributed by atoms with Crippen molar-refractivity contribution in [2.75, 3.05) is 13.1 Å². The second-order valence-electron chi connectivity index (χ2n) is 5.20. The van der Waals surface area contributed by atoms with Crippen molar-refractivity contribution < 1.29 is 8.42 Å². The smallest absolute Gasteiger partial charge is 0.216 e. The van der Waals surface area contributed by atoms with Crippen LogP contribution < -0.4 is 10.0 Å². The molecule has 0 radical (unpaired) electrons. The highest BCUT2D eigenvalue weighted by atomic mass is 35.5. The van der Waals surface area contributed by atoms with Crippen LogP contribution in [0.25, 0.3) is 0 Å². The normalized spacial score (nSPS) is 27.2. The van der Waals surface area contributed by atoms with E-state index in [0.29, 0.717) is 23.0 Å². The Kier molecular flexibility index (Phi) is 4.35. The second kappa shape index (κ2) is 5.70. The molecule has 2 atom stereocenters. The summed E-state index contributed by atoms with van der Waals surface area (Å²) in [4.78, 5) is 0. The monoisotopic (exact) mass is 313 g/mol. The van der Waals surface area contributed by atoms with E-state index in [1.54, 1.807) is 24.3 Å². The minimum atomic E-state index is -3.33. The highest BCUT2D eigenvalue weighted by Gasteiger charge is 2.54. The highest BCUT2D eigenvalue weighted by Crippen LogP contribution is 2.42.